The van der Waals surface area contributed by atoms with E-state index in [1.54, 1.807) is 24.4 Å². The third-order valence-corrected chi connectivity index (χ3v) is 4.95. The van der Waals surface area contributed by atoms with Gasteiger partial charge in [0, 0.05) is 24.5 Å². The van der Waals surface area contributed by atoms with Crippen molar-refractivity contribution in [1.29, 1.82) is 0 Å². The summed E-state index contributed by atoms with van der Waals surface area (Å²) in [4.78, 5) is 28.3. The largest absolute Gasteiger partial charge is 0.489 e. The van der Waals surface area contributed by atoms with E-state index >= 15 is 0 Å². The number of benzene rings is 1. The third-order valence-electron chi connectivity index (χ3n) is 4.95. The zero-order valence-corrected chi connectivity index (χ0v) is 17.1. The Morgan fingerprint density at radius 3 is 2.47 bits per heavy atom. The number of anilines is 1. The van der Waals surface area contributed by atoms with Crippen LogP contribution in [0.15, 0.2) is 53.9 Å². The van der Waals surface area contributed by atoms with Crippen molar-refractivity contribution in [2.24, 2.45) is 0 Å². The average Bonchev–Trinajstić information content (AvgIpc) is 3.17. The minimum absolute atomic E-state index is 0.000646. The van der Waals surface area contributed by atoms with Crippen molar-refractivity contribution in [1.82, 2.24) is 4.90 Å². The van der Waals surface area contributed by atoms with Crippen LogP contribution in [0.5, 0.6) is 5.75 Å². The molecule has 1 aromatic rings. The number of carbonyl (C=O) groups is 2. The summed E-state index contributed by atoms with van der Waals surface area (Å²) in [7, 11) is 2.42. The second-order valence-corrected chi connectivity index (χ2v) is 6.83. The first-order chi connectivity index (χ1) is 14.5. The van der Waals surface area contributed by atoms with Crippen LogP contribution in [0.3, 0.4) is 0 Å². The van der Waals surface area contributed by atoms with Gasteiger partial charge < -0.3 is 19.1 Å². The van der Waals surface area contributed by atoms with Gasteiger partial charge in [-0.05, 0) is 50.2 Å². The van der Waals surface area contributed by atoms with Gasteiger partial charge in [-0.25, -0.2) is 14.0 Å². The number of halogens is 1. The number of likely N-dealkylation sites (tertiary alicyclic amines) is 1. The van der Waals surface area contributed by atoms with Gasteiger partial charge in [-0.1, -0.05) is 6.08 Å². The molecule has 0 atom stereocenters. The van der Waals surface area contributed by atoms with Gasteiger partial charge in [0.25, 0.3) is 0 Å². The fourth-order valence-corrected chi connectivity index (χ4v) is 3.41. The highest BCUT2D eigenvalue weighted by atomic mass is 19.1. The topological polar surface area (TPSA) is 68.3 Å². The molecule has 2 aliphatic rings. The van der Waals surface area contributed by atoms with Crippen LogP contribution in [-0.2, 0) is 19.1 Å². The maximum atomic E-state index is 14.7. The minimum Gasteiger partial charge on any atom is -0.489 e. The molecule has 1 aromatic carbocycles. The smallest absolute Gasteiger partial charge is 0.355 e. The molecule has 2 heterocycles. The van der Waals surface area contributed by atoms with Crippen LogP contribution in [0.1, 0.15) is 12.8 Å². The van der Waals surface area contributed by atoms with Crippen molar-refractivity contribution in [2.45, 2.75) is 12.8 Å². The highest BCUT2D eigenvalue weighted by Crippen LogP contribution is 2.30. The molecule has 0 spiro atoms. The molecule has 0 N–H and O–H groups in total. The second-order valence-electron chi connectivity index (χ2n) is 6.83. The van der Waals surface area contributed by atoms with Gasteiger partial charge in [0.15, 0.2) is 11.6 Å². The Morgan fingerprint density at radius 2 is 1.80 bits per heavy atom. The zero-order valence-electron chi connectivity index (χ0n) is 17.1. The summed E-state index contributed by atoms with van der Waals surface area (Å²) in [5, 5.41) is 0. The minimum atomic E-state index is -0.752. The molecule has 0 aromatic heterocycles. The Hall–Kier alpha value is -3.13. The number of nitrogens with zero attached hydrogens (tertiary/aromatic N) is 2. The average molecular weight is 416 g/mol. The monoisotopic (exact) mass is 416 g/mol. The Kier molecular flexibility index (Phi) is 7.24. The molecule has 160 valence electrons. The molecule has 0 bridgehead atoms. The SMILES string of the molecule is COC(=O)C1=C(C(=O)OC)N(c2ccc(OCCN3CCCC3)c(F)c2)C=CC=C1. The van der Waals surface area contributed by atoms with Crippen LogP contribution in [0, 0.1) is 5.82 Å². The van der Waals surface area contributed by atoms with Gasteiger partial charge in [0.2, 0.25) is 0 Å². The molecule has 1 fully saturated rings. The van der Waals surface area contributed by atoms with E-state index in [0.29, 0.717) is 12.3 Å². The first-order valence-corrected chi connectivity index (χ1v) is 9.75. The number of esters is 2. The summed E-state index contributed by atoms with van der Waals surface area (Å²) < 4.78 is 29.9. The summed E-state index contributed by atoms with van der Waals surface area (Å²) in [5.41, 5.74) is 0.262. The summed E-state index contributed by atoms with van der Waals surface area (Å²) in [6.45, 7) is 3.24. The number of methoxy groups -OCH3 is 2. The van der Waals surface area contributed by atoms with Crippen LogP contribution in [0.4, 0.5) is 10.1 Å². The lowest BCUT2D eigenvalue weighted by Gasteiger charge is -2.23. The molecule has 7 nitrogen and oxygen atoms in total. The number of allylic oxidation sites excluding steroid dienone is 2. The molecule has 1 saturated heterocycles. The van der Waals surface area contributed by atoms with E-state index in [-0.39, 0.29) is 17.0 Å². The second kappa shape index (κ2) is 10.1. The maximum Gasteiger partial charge on any atom is 0.355 e. The highest BCUT2D eigenvalue weighted by Gasteiger charge is 2.28. The van der Waals surface area contributed by atoms with E-state index in [0.717, 1.165) is 19.6 Å². The number of carbonyl (C=O) groups excluding carboxylic acids is 2. The van der Waals surface area contributed by atoms with E-state index in [2.05, 4.69) is 4.90 Å². The molecular weight excluding hydrogens is 391 g/mol. The predicted octanol–water partition coefficient (Wildman–Crippen LogP) is 2.79. The van der Waals surface area contributed by atoms with Crippen molar-refractivity contribution in [3.05, 3.63) is 59.7 Å². The fraction of sp³-hybridized carbons (Fsp3) is 0.364. The molecule has 0 saturated carbocycles. The van der Waals surface area contributed by atoms with Crippen molar-refractivity contribution in [3.8, 4) is 5.75 Å². The highest BCUT2D eigenvalue weighted by molar-refractivity contribution is 6.05. The lowest BCUT2D eigenvalue weighted by molar-refractivity contribution is -0.139. The van der Waals surface area contributed by atoms with E-state index in [9.17, 15) is 14.0 Å². The van der Waals surface area contributed by atoms with Crippen LogP contribution in [0.2, 0.25) is 0 Å². The number of hydrogen-bond donors (Lipinski definition) is 0. The van der Waals surface area contributed by atoms with Crippen LogP contribution in [0.25, 0.3) is 0 Å². The standard InChI is InChI=1S/C22H25FN2O5/c1-28-21(26)17-7-3-4-12-25(20(17)22(27)29-2)16-8-9-19(18(23)15-16)30-14-13-24-10-5-6-11-24/h3-4,7-9,12,15H,5-6,10-11,13-14H2,1-2H3. The Labute approximate surface area is 175 Å². The molecule has 0 unspecified atom stereocenters. The number of hydrogen-bond acceptors (Lipinski definition) is 7. The molecule has 0 aliphatic carbocycles. The first-order valence-electron chi connectivity index (χ1n) is 9.75. The van der Waals surface area contributed by atoms with Crippen molar-refractivity contribution < 1.29 is 28.2 Å². The van der Waals surface area contributed by atoms with Crippen LogP contribution >= 0.6 is 0 Å². The van der Waals surface area contributed by atoms with Gasteiger partial charge in [-0.3, -0.25) is 4.90 Å². The maximum absolute atomic E-state index is 14.7. The molecule has 2 aliphatic heterocycles. The number of ether oxygens (including phenoxy) is 3. The van der Waals surface area contributed by atoms with Crippen molar-refractivity contribution >= 4 is 17.6 Å². The summed E-state index contributed by atoms with van der Waals surface area (Å²) >= 11 is 0. The molecule has 30 heavy (non-hydrogen) atoms. The normalized spacial score (nSPS) is 16.6. The van der Waals surface area contributed by atoms with Gasteiger partial charge in [0.1, 0.15) is 12.3 Å². The van der Waals surface area contributed by atoms with E-state index < -0.39 is 17.8 Å². The van der Waals surface area contributed by atoms with Gasteiger partial charge in [-0.15, -0.1) is 0 Å². The lowest BCUT2D eigenvalue weighted by Crippen LogP contribution is -2.27. The summed E-state index contributed by atoms with van der Waals surface area (Å²) in [6.07, 6.45) is 8.57. The van der Waals surface area contributed by atoms with Crippen molar-refractivity contribution in [2.75, 3.05) is 45.4 Å². The van der Waals surface area contributed by atoms with Crippen LogP contribution < -0.4 is 9.64 Å². The Balaban J connectivity index is 1.84. The molecule has 3 rings (SSSR count). The quantitative estimate of drug-likeness (QED) is 0.633. The van der Waals surface area contributed by atoms with Crippen LogP contribution in [-0.4, -0.2) is 57.3 Å². The number of rotatable bonds is 7. The summed E-state index contributed by atoms with van der Waals surface area (Å²) in [6, 6.07) is 4.37. The Bertz CT molecular complexity index is 888. The van der Waals surface area contributed by atoms with Gasteiger partial charge in [0.05, 0.1) is 19.8 Å². The molecule has 8 heteroatoms. The van der Waals surface area contributed by atoms with E-state index in [1.165, 1.54) is 50.2 Å². The first kappa shape index (κ1) is 21.6. The Morgan fingerprint density at radius 1 is 1.07 bits per heavy atom. The predicted molar refractivity (Wildman–Crippen MR) is 109 cm³/mol. The van der Waals surface area contributed by atoms with Gasteiger partial charge >= 0.3 is 11.9 Å². The van der Waals surface area contributed by atoms with Crippen molar-refractivity contribution in [3.63, 3.8) is 0 Å². The zero-order chi connectivity index (χ0) is 21.5. The fourth-order valence-electron chi connectivity index (χ4n) is 3.41. The van der Waals surface area contributed by atoms with E-state index in [1.807, 2.05) is 0 Å². The van der Waals surface area contributed by atoms with Gasteiger partial charge in [-0.2, -0.15) is 0 Å². The van der Waals surface area contributed by atoms with E-state index in [4.69, 9.17) is 14.2 Å². The lowest BCUT2D eigenvalue weighted by atomic mass is 10.1. The molecular formula is C22H25FN2O5. The third kappa shape index (κ3) is 4.88. The summed E-state index contributed by atoms with van der Waals surface area (Å²) in [5.74, 6) is -1.89. The molecule has 0 amide bonds. The molecule has 0 radical (unpaired) electrons.